The summed E-state index contributed by atoms with van der Waals surface area (Å²) in [6, 6.07) is 0. The largest absolute Gasteiger partial charge is 0.332 e. The third-order valence-corrected chi connectivity index (χ3v) is 2.48. The van der Waals surface area contributed by atoms with Crippen LogP contribution in [-0.4, -0.2) is 31.8 Å². The maximum absolute atomic E-state index is 11.7. The van der Waals surface area contributed by atoms with E-state index in [0.717, 1.165) is 4.57 Å². The van der Waals surface area contributed by atoms with Gasteiger partial charge in [-0.1, -0.05) is 0 Å². The molecule has 8 heteroatoms. The molecular weight excluding hydrogens is 236 g/mol. The van der Waals surface area contributed by atoms with Crippen LogP contribution in [0.4, 0.5) is 0 Å². The zero-order valence-electron chi connectivity index (χ0n) is 10.8. The third kappa shape index (κ3) is 2.34. The van der Waals surface area contributed by atoms with Crippen molar-refractivity contribution in [1.29, 1.82) is 0 Å². The summed E-state index contributed by atoms with van der Waals surface area (Å²) in [7, 11) is 4.77. The van der Waals surface area contributed by atoms with Gasteiger partial charge >= 0.3 is 5.69 Å². The molecule has 0 saturated heterocycles. The lowest BCUT2D eigenvalue weighted by Gasteiger charge is -2.02. The second kappa shape index (κ2) is 5.61. The lowest BCUT2D eigenvalue weighted by molar-refractivity contribution is 0.705. The second-order valence-electron chi connectivity index (χ2n) is 3.81. The molecule has 18 heavy (non-hydrogen) atoms. The van der Waals surface area contributed by atoms with Crippen molar-refractivity contribution in [2.24, 2.45) is 32.6 Å². The van der Waals surface area contributed by atoms with Crippen LogP contribution in [0.5, 0.6) is 0 Å². The van der Waals surface area contributed by atoms with E-state index in [9.17, 15) is 9.59 Å². The monoisotopic (exact) mass is 254 g/mol. The van der Waals surface area contributed by atoms with Crippen LogP contribution < -0.4 is 22.7 Å². The van der Waals surface area contributed by atoms with Gasteiger partial charge in [-0.3, -0.25) is 13.9 Å². The van der Waals surface area contributed by atoms with Crippen LogP contribution >= 0.6 is 0 Å². The van der Waals surface area contributed by atoms with E-state index in [2.05, 4.69) is 4.98 Å². The molecule has 0 unspecified atom stereocenters. The fourth-order valence-corrected chi connectivity index (χ4v) is 1.47. The molecular formula is C10H18N6O2. The Hall–Kier alpha value is -1.93. The first-order chi connectivity index (χ1) is 8.45. The molecule has 0 bridgehead atoms. The molecule has 0 atom stereocenters. The fourth-order valence-electron chi connectivity index (χ4n) is 1.47. The Kier molecular flexibility index (Phi) is 4.40. The minimum atomic E-state index is -0.360. The Labute approximate surface area is 103 Å². The van der Waals surface area contributed by atoms with Gasteiger partial charge in [0.05, 0.1) is 6.33 Å². The molecule has 0 aliphatic carbocycles. The van der Waals surface area contributed by atoms with Crippen molar-refractivity contribution in [2.45, 2.75) is 0 Å². The topological polar surface area (TPSA) is 114 Å². The van der Waals surface area contributed by atoms with Crippen molar-refractivity contribution in [3.8, 4) is 0 Å². The van der Waals surface area contributed by atoms with E-state index in [1.54, 1.807) is 18.7 Å². The van der Waals surface area contributed by atoms with Gasteiger partial charge in [0.1, 0.15) is 0 Å². The molecule has 2 heterocycles. The summed E-state index contributed by atoms with van der Waals surface area (Å²) in [5.41, 5.74) is 9.99. The van der Waals surface area contributed by atoms with Gasteiger partial charge < -0.3 is 16.0 Å². The van der Waals surface area contributed by atoms with Gasteiger partial charge in [0.15, 0.2) is 11.2 Å². The van der Waals surface area contributed by atoms with Crippen LogP contribution in [0.1, 0.15) is 0 Å². The third-order valence-electron chi connectivity index (χ3n) is 2.48. The highest BCUT2D eigenvalue weighted by molar-refractivity contribution is 5.69. The standard InChI is InChI=1S/C8H10N4O2.C2H8N2/c1-10-4-9-6-5(10)7(13)12(3)8(14)11(6)2;3-1-2-4/h4H,1-3H3;1-4H2. The number of aryl methyl sites for hydroxylation is 2. The van der Waals surface area contributed by atoms with E-state index >= 15 is 0 Å². The molecule has 8 nitrogen and oxygen atoms in total. The molecule has 0 amide bonds. The maximum atomic E-state index is 11.7. The molecule has 0 saturated carbocycles. The SMILES string of the molecule is Cn1c(=O)c2c(ncn2C)n(C)c1=O.NCCN. The van der Waals surface area contributed by atoms with Crippen LogP contribution in [0, 0.1) is 0 Å². The van der Waals surface area contributed by atoms with Gasteiger partial charge in [0.2, 0.25) is 0 Å². The van der Waals surface area contributed by atoms with Crippen molar-refractivity contribution < 1.29 is 0 Å². The number of hydrogen-bond donors (Lipinski definition) is 2. The minimum Gasteiger partial charge on any atom is -0.329 e. The van der Waals surface area contributed by atoms with Crippen LogP contribution in [0.25, 0.3) is 11.2 Å². The Bertz CT molecular complexity index is 649. The van der Waals surface area contributed by atoms with Gasteiger partial charge in [-0.05, 0) is 0 Å². The summed E-state index contributed by atoms with van der Waals surface area (Å²) in [5, 5.41) is 0. The number of hydrogen-bond acceptors (Lipinski definition) is 5. The predicted octanol–water partition coefficient (Wildman–Crippen LogP) is -2.13. The van der Waals surface area contributed by atoms with E-state index in [-0.39, 0.29) is 11.2 Å². The highest BCUT2D eigenvalue weighted by Crippen LogP contribution is 2.01. The molecule has 0 spiro atoms. The summed E-state index contributed by atoms with van der Waals surface area (Å²) < 4.78 is 4.04. The van der Waals surface area contributed by atoms with Crippen LogP contribution in [0.2, 0.25) is 0 Å². The molecule has 100 valence electrons. The zero-order chi connectivity index (χ0) is 13.9. The summed E-state index contributed by atoms with van der Waals surface area (Å²) in [6.45, 7) is 1.19. The first-order valence-electron chi connectivity index (χ1n) is 5.42. The van der Waals surface area contributed by atoms with E-state index in [1.165, 1.54) is 17.9 Å². The van der Waals surface area contributed by atoms with Crippen LogP contribution in [0.3, 0.4) is 0 Å². The molecule has 2 aromatic rings. The van der Waals surface area contributed by atoms with Gasteiger partial charge in [-0.2, -0.15) is 0 Å². The molecule has 0 aromatic carbocycles. The van der Waals surface area contributed by atoms with Gasteiger partial charge in [-0.15, -0.1) is 0 Å². The Morgan fingerprint density at radius 1 is 1.11 bits per heavy atom. The average molecular weight is 254 g/mol. The molecule has 0 fully saturated rings. The maximum Gasteiger partial charge on any atom is 0.332 e. The number of imidazole rings is 1. The van der Waals surface area contributed by atoms with Gasteiger partial charge in [0.25, 0.3) is 5.56 Å². The first-order valence-corrected chi connectivity index (χ1v) is 5.42. The number of nitrogens with zero attached hydrogens (tertiary/aromatic N) is 4. The number of fused-ring (bicyclic) bond motifs is 1. The second-order valence-corrected chi connectivity index (χ2v) is 3.81. The number of rotatable bonds is 1. The van der Waals surface area contributed by atoms with Crippen molar-refractivity contribution >= 4 is 11.2 Å². The van der Waals surface area contributed by atoms with E-state index in [1.807, 2.05) is 0 Å². The predicted molar refractivity (Wildman–Crippen MR) is 69.3 cm³/mol. The Morgan fingerprint density at radius 2 is 1.67 bits per heavy atom. The van der Waals surface area contributed by atoms with Crippen molar-refractivity contribution in [1.82, 2.24) is 18.7 Å². The van der Waals surface area contributed by atoms with Crippen molar-refractivity contribution in [3.63, 3.8) is 0 Å². The van der Waals surface area contributed by atoms with E-state index in [4.69, 9.17) is 11.5 Å². The average Bonchev–Trinajstić information content (AvgIpc) is 2.76. The van der Waals surface area contributed by atoms with Gasteiger partial charge in [-0.25, -0.2) is 9.78 Å². The highest BCUT2D eigenvalue weighted by Gasteiger charge is 2.11. The molecule has 0 radical (unpaired) electrons. The Balaban J connectivity index is 0.000000357. The van der Waals surface area contributed by atoms with Crippen LogP contribution in [-0.2, 0) is 21.1 Å². The van der Waals surface area contributed by atoms with E-state index in [0.29, 0.717) is 24.3 Å². The number of nitrogens with two attached hydrogens (primary N) is 2. The first kappa shape index (κ1) is 14.1. The molecule has 0 aliphatic heterocycles. The van der Waals surface area contributed by atoms with Crippen LogP contribution in [0.15, 0.2) is 15.9 Å². The molecule has 2 rings (SSSR count). The summed E-state index contributed by atoms with van der Waals surface area (Å²) in [6.07, 6.45) is 1.52. The van der Waals surface area contributed by atoms with Crippen molar-refractivity contribution in [3.05, 3.63) is 27.2 Å². The highest BCUT2D eigenvalue weighted by atomic mass is 16.2. The smallest absolute Gasteiger partial charge is 0.329 e. The summed E-state index contributed by atoms with van der Waals surface area (Å²) in [5.74, 6) is 0. The van der Waals surface area contributed by atoms with Gasteiger partial charge in [0, 0.05) is 34.2 Å². The fraction of sp³-hybridized carbons (Fsp3) is 0.500. The lowest BCUT2D eigenvalue weighted by Crippen LogP contribution is -2.37. The zero-order valence-corrected chi connectivity index (χ0v) is 10.8. The molecule has 0 aliphatic rings. The van der Waals surface area contributed by atoms with E-state index < -0.39 is 0 Å². The number of aromatic nitrogens is 4. The summed E-state index contributed by atoms with van der Waals surface area (Å²) >= 11 is 0. The lowest BCUT2D eigenvalue weighted by atomic mass is 10.5. The molecule has 2 aromatic heterocycles. The quantitative estimate of drug-likeness (QED) is 0.603. The minimum absolute atomic E-state index is 0.317. The van der Waals surface area contributed by atoms with Crippen molar-refractivity contribution in [2.75, 3.05) is 13.1 Å². The molecule has 4 N–H and O–H groups in total. The summed E-state index contributed by atoms with van der Waals surface area (Å²) in [4.78, 5) is 27.2. The normalized spacial score (nSPS) is 10.3. The Morgan fingerprint density at radius 3 is 2.17 bits per heavy atom.